The van der Waals surface area contributed by atoms with Crippen LogP contribution in [-0.4, -0.2) is 70.2 Å². The molecule has 2 amide bonds. The normalized spacial score (nSPS) is 15.5. The van der Waals surface area contributed by atoms with Crippen molar-refractivity contribution in [1.29, 1.82) is 0 Å². The quantitative estimate of drug-likeness (QED) is 0.341. The van der Waals surface area contributed by atoms with Crippen LogP contribution < -0.4 is 0 Å². The van der Waals surface area contributed by atoms with E-state index in [0.29, 0.717) is 24.9 Å². The lowest BCUT2D eigenvalue weighted by Crippen LogP contribution is -2.47. The fourth-order valence-corrected chi connectivity index (χ4v) is 4.00. The number of hydrogen-bond acceptors (Lipinski definition) is 4. The summed E-state index contributed by atoms with van der Waals surface area (Å²) >= 11 is 0. The Morgan fingerprint density at radius 2 is 0.906 bits per heavy atom. The van der Waals surface area contributed by atoms with Crippen molar-refractivity contribution < 1.29 is 19.8 Å². The third-order valence-corrected chi connectivity index (χ3v) is 5.91. The van der Waals surface area contributed by atoms with Gasteiger partial charge in [0.15, 0.2) is 0 Å². The van der Waals surface area contributed by atoms with Crippen LogP contribution in [0, 0.1) is 23.7 Å². The number of nitrogens with zero attached hydrogens (tertiary/aromatic N) is 2. The minimum atomic E-state index is -0.627. The van der Waals surface area contributed by atoms with Crippen LogP contribution in [0.25, 0.3) is 0 Å². The average Bonchev–Trinajstić information content (AvgIpc) is 2.67. The molecule has 0 spiro atoms. The van der Waals surface area contributed by atoms with E-state index in [4.69, 9.17) is 0 Å². The molecule has 0 aromatic carbocycles. The number of aliphatic hydroxyl groups is 2. The van der Waals surface area contributed by atoms with Crippen LogP contribution in [0.5, 0.6) is 0 Å². The van der Waals surface area contributed by atoms with Gasteiger partial charge in [-0.3, -0.25) is 9.59 Å². The molecule has 190 valence electrons. The summed E-state index contributed by atoms with van der Waals surface area (Å²) in [6.45, 7) is 17.3. The van der Waals surface area contributed by atoms with Gasteiger partial charge in [0.2, 0.25) is 11.8 Å². The van der Waals surface area contributed by atoms with Gasteiger partial charge in [-0.05, 0) is 38.5 Å². The topological polar surface area (TPSA) is 81.1 Å². The summed E-state index contributed by atoms with van der Waals surface area (Å²) < 4.78 is 0. The highest BCUT2D eigenvalue weighted by molar-refractivity contribution is 5.79. The fraction of sp³-hybridized carbons (Fsp3) is 0.923. The SMILES string of the molecule is CC(C)CCCC(C)C(=O)N(CCN(CC(C)O)C(=O)C(C)CCCC(C)C)CC(C)O. The van der Waals surface area contributed by atoms with E-state index in [1.165, 1.54) is 0 Å². The van der Waals surface area contributed by atoms with Gasteiger partial charge in [0.25, 0.3) is 0 Å². The van der Waals surface area contributed by atoms with E-state index in [1.54, 1.807) is 23.6 Å². The summed E-state index contributed by atoms with van der Waals surface area (Å²) in [6, 6.07) is 0. The molecule has 0 bridgehead atoms. The Labute approximate surface area is 197 Å². The molecular formula is C26H52N2O4. The van der Waals surface area contributed by atoms with Gasteiger partial charge in [0, 0.05) is 38.0 Å². The Kier molecular flexibility index (Phi) is 15.9. The molecule has 6 heteroatoms. The molecule has 2 N–H and O–H groups in total. The molecule has 0 radical (unpaired) electrons. The highest BCUT2D eigenvalue weighted by atomic mass is 16.3. The standard InChI is InChI=1S/C26H52N2O4/c1-19(2)11-9-13-21(5)25(31)27(17-23(7)29)15-16-28(18-24(8)30)26(32)22(6)14-10-12-20(3)4/h19-24,29-30H,9-18H2,1-8H3. The third-order valence-electron chi connectivity index (χ3n) is 5.91. The van der Waals surface area contributed by atoms with Gasteiger partial charge in [0.05, 0.1) is 12.2 Å². The van der Waals surface area contributed by atoms with Crippen LogP contribution in [0.3, 0.4) is 0 Å². The number of aliphatic hydroxyl groups excluding tert-OH is 2. The highest BCUT2D eigenvalue weighted by Crippen LogP contribution is 2.17. The molecule has 0 saturated heterocycles. The zero-order valence-electron chi connectivity index (χ0n) is 22.1. The first kappa shape index (κ1) is 30.9. The molecule has 0 aliphatic carbocycles. The van der Waals surface area contributed by atoms with Gasteiger partial charge >= 0.3 is 0 Å². The van der Waals surface area contributed by atoms with E-state index in [2.05, 4.69) is 27.7 Å². The van der Waals surface area contributed by atoms with Gasteiger partial charge in [-0.15, -0.1) is 0 Å². The summed E-state index contributed by atoms with van der Waals surface area (Å²) in [5, 5.41) is 19.9. The maximum atomic E-state index is 13.1. The maximum Gasteiger partial charge on any atom is 0.225 e. The van der Waals surface area contributed by atoms with E-state index in [0.717, 1.165) is 38.5 Å². The van der Waals surface area contributed by atoms with Crippen LogP contribution in [-0.2, 0) is 9.59 Å². The minimum absolute atomic E-state index is 0.0316. The molecule has 4 unspecified atom stereocenters. The molecule has 6 nitrogen and oxygen atoms in total. The second-order valence-electron chi connectivity index (χ2n) is 10.7. The second-order valence-corrected chi connectivity index (χ2v) is 10.7. The van der Waals surface area contributed by atoms with Crippen molar-refractivity contribution in [2.24, 2.45) is 23.7 Å². The number of amides is 2. The summed E-state index contributed by atoms with van der Waals surface area (Å²) in [5.41, 5.74) is 0. The first-order chi connectivity index (χ1) is 14.8. The fourth-order valence-electron chi connectivity index (χ4n) is 4.00. The maximum absolute atomic E-state index is 13.1. The van der Waals surface area contributed by atoms with Gasteiger partial charge < -0.3 is 20.0 Å². The molecule has 0 fully saturated rings. The van der Waals surface area contributed by atoms with Gasteiger partial charge in [-0.25, -0.2) is 0 Å². The van der Waals surface area contributed by atoms with Crippen molar-refractivity contribution in [1.82, 2.24) is 9.80 Å². The zero-order valence-corrected chi connectivity index (χ0v) is 22.1. The molecule has 0 heterocycles. The third kappa shape index (κ3) is 14.1. The molecule has 0 aliphatic heterocycles. The Hall–Kier alpha value is -1.14. The summed E-state index contributed by atoms with van der Waals surface area (Å²) in [5.74, 6) is 1.08. The summed E-state index contributed by atoms with van der Waals surface area (Å²) in [6.07, 6.45) is 4.61. The van der Waals surface area contributed by atoms with Crippen LogP contribution >= 0.6 is 0 Å². The molecule has 0 rings (SSSR count). The molecule has 0 saturated carbocycles. The van der Waals surface area contributed by atoms with Crippen molar-refractivity contribution in [3.63, 3.8) is 0 Å². The molecule has 0 aliphatic rings. The minimum Gasteiger partial charge on any atom is -0.392 e. The number of hydrogen-bond donors (Lipinski definition) is 2. The largest absolute Gasteiger partial charge is 0.392 e. The van der Waals surface area contributed by atoms with Crippen LogP contribution in [0.2, 0.25) is 0 Å². The van der Waals surface area contributed by atoms with Crippen molar-refractivity contribution in [2.75, 3.05) is 26.2 Å². The molecule has 0 aromatic rings. The average molecular weight is 457 g/mol. The Bertz CT molecular complexity index is 474. The van der Waals surface area contributed by atoms with Gasteiger partial charge in [0.1, 0.15) is 0 Å². The number of carbonyl (C=O) groups excluding carboxylic acids is 2. The van der Waals surface area contributed by atoms with E-state index in [9.17, 15) is 19.8 Å². The van der Waals surface area contributed by atoms with Gasteiger partial charge in [-0.2, -0.15) is 0 Å². The van der Waals surface area contributed by atoms with E-state index >= 15 is 0 Å². The Balaban J connectivity index is 5.08. The van der Waals surface area contributed by atoms with Crippen molar-refractivity contribution in [2.45, 2.75) is 106 Å². The molecule has 32 heavy (non-hydrogen) atoms. The first-order valence-corrected chi connectivity index (χ1v) is 12.8. The summed E-state index contributed by atoms with van der Waals surface area (Å²) in [4.78, 5) is 29.5. The van der Waals surface area contributed by atoms with E-state index in [1.807, 2.05) is 13.8 Å². The lowest BCUT2D eigenvalue weighted by molar-refractivity contribution is -0.141. The zero-order chi connectivity index (χ0) is 24.8. The van der Waals surface area contributed by atoms with E-state index in [-0.39, 0.29) is 36.7 Å². The number of rotatable bonds is 17. The first-order valence-electron chi connectivity index (χ1n) is 12.8. The van der Waals surface area contributed by atoms with E-state index < -0.39 is 12.2 Å². The second kappa shape index (κ2) is 16.5. The van der Waals surface area contributed by atoms with Crippen molar-refractivity contribution in [3.05, 3.63) is 0 Å². The predicted octanol–water partition coefficient (Wildman–Crippen LogP) is 4.33. The smallest absolute Gasteiger partial charge is 0.225 e. The van der Waals surface area contributed by atoms with Crippen LogP contribution in [0.15, 0.2) is 0 Å². The predicted molar refractivity (Wildman–Crippen MR) is 132 cm³/mol. The lowest BCUT2D eigenvalue weighted by atomic mass is 9.98. The number of carbonyl (C=O) groups is 2. The van der Waals surface area contributed by atoms with Crippen LogP contribution in [0.1, 0.15) is 93.9 Å². The summed E-state index contributed by atoms with van der Waals surface area (Å²) in [7, 11) is 0. The molecular weight excluding hydrogens is 404 g/mol. The Morgan fingerprint density at radius 3 is 1.16 bits per heavy atom. The van der Waals surface area contributed by atoms with Crippen molar-refractivity contribution >= 4 is 11.8 Å². The Morgan fingerprint density at radius 1 is 0.594 bits per heavy atom. The lowest BCUT2D eigenvalue weighted by Gasteiger charge is -2.32. The molecule has 4 atom stereocenters. The van der Waals surface area contributed by atoms with Gasteiger partial charge in [-0.1, -0.05) is 67.2 Å². The molecule has 0 aromatic heterocycles. The monoisotopic (exact) mass is 456 g/mol. The van der Waals surface area contributed by atoms with Crippen LogP contribution in [0.4, 0.5) is 0 Å². The van der Waals surface area contributed by atoms with Crippen molar-refractivity contribution in [3.8, 4) is 0 Å². The highest BCUT2D eigenvalue weighted by Gasteiger charge is 2.25.